The Hall–Kier alpha value is -3.95. The highest BCUT2D eigenvalue weighted by Crippen LogP contribution is 2.33. The quantitative estimate of drug-likeness (QED) is 0.445. The molecular formula is C29H29F3N6O2S. The Morgan fingerprint density at radius 3 is 2.44 bits per heavy atom. The Balaban J connectivity index is 1.26. The van der Waals surface area contributed by atoms with Crippen LogP contribution in [0.1, 0.15) is 55.9 Å². The SMILES string of the molecule is N#Cc1ccc(C(=O)NC(c2nc(C(=O)N3CCN(c4cccc(C(F)(F)F)c4)CC3)cs2)C2CCNCC2)cc1. The molecule has 8 nitrogen and oxygen atoms in total. The number of hydrogen-bond acceptors (Lipinski definition) is 7. The molecule has 0 bridgehead atoms. The third-order valence-electron chi connectivity index (χ3n) is 7.53. The molecule has 41 heavy (non-hydrogen) atoms. The van der Waals surface area contributed by atoms with Crippen LogP contribution >= 0.6 is 11.3 Å². The minimum Gasteiger partial charge on any atom is -0.368 e. The van der Waals surface area contributed by atoms with Crippen LogP contribution in [0, 0.1) is 17.2 Å². The number of alkyl halides is 3. The Kier molecular flexibility index (Phi) is 8.56. The predicted molar refractivity (Wildman–Crippen MR) is 149 cm³/mol. The summed E-state index contributed by atoms with van der Waals surface area (Å²) >= 11 is 1.33. The van der Waals surface area contributed by atoms with Crippen molar-refractivity contribution in [2.24, 2.45) is 5.92 Å². The highest BCUT2D eigenvalue weighted by Gasteiger charge is 2.33. The van der Waals surface area contributed by atoms with Gasteiger partial charge in [0, 0.05) is 42.8 Å². The van der Waals surface area contributed by atoms with E-state index in [9.17, 15) is 22.8 Å². The van der Waals surface area contributed by atoms with Crippen molar-refractivity contribution in [2.75, 3.05) is 44.2 Å². The molecule has 0 saturated carbocycles. The number of halogens is 3. The number of benzene rings is 2. The van der Waals surface area contributed by atoms with Crippen molar-refractivity contribution in [3.63, 3.8) is 0 Å². The van der Waals surface area contributed by atoms with E-state index in [1.807, 2.05) is 11.0 Å². The molecule has 2 fully saturated rings. The second kappa shape index (κ2) is 12.3. The van der Waals surface area contributed by atoms with Gasteiger partial charge in [-0.1, -0.05) is 6.07 Å². The summed E-state index contributed by atoms with van der Waals surface area (Å²) in [6.45, 7) is 3.16. The van der Waals surface area contributed by atoms with Crippen molar-refractivity contribution in [1.82, 2.24) is 20.5 Å². The Morgan fingerprint density at radius 1 is 1.07 bits per heavy atom. The van der Waals surface area contributed by atoms with E-state index in [1.54, 1.807) is 40.6 Å². The van der Waals surface area contributed by atoms with Gasteiger partial charge in [-0.05, 0) is 74.3 Å². The number of rotatable bonds is 6. The lowest BCUT2D eigenvalue weighted by Crippen LogP contribution is -2.49. The molecule has 3 aromatic rings. The number of nitrogens with zero attached hydrogens (tertiary/aromatic N) is 4. The minimum atomic E-state index is -4.41. The van der Waals surface area contributed by atoms with Crippen molar-refractivity contribution in [2.45, 2.75) is 25.1 Å². The van der Waals surface area contributed by atoms with Crippen LogP contribution in [-0.4, -0.2) is 61.0 Å². The van der Waals surface area contributed by atoms with Gasteiger partial charge in [0.25, 0.3) is 11.8 Å². The van der Waals surface area contributed by atoms with Gasteiger partial charge in [0.2, 0.25) is 0 Å². The summed E-state index contributed by atoms with van der Waals surface area (Å²) in [5, 5.41) is 17.8. The third kappa shape index (κ3) is 6.69. The van der Waals surface area contributed by atoms with E-state index in [0.29, 0.717) is 53.7 Å². The zero-order valence-corrected chi connectivity index (χ0v) is 23.0. The first-order valence-corrected chi connectivity index (χ1v) is 14.3. The first-order chi connectivity index (χ1) is 19.7. The van der Waals surface area contributed by atoms with E-state index >= 15 is 0 Å². The van der Waals surface area contributed by atoms with Crippen LogP contribution in [-0.2, 0) is 6.18 Å². The number of anilines is 1. The summed E-state index contributed by atoms with van der Waals surface area (Å²) in [6.07, 6.45) is -2.72. The summed E-state index contributed by atoms with van der Waals surface area (Å²) in [6, 6.07) is 13.3. The zero-order chi connectivity index (χ0) is 29.0. The van der Waals surface area contributed by atoms with E-state index in [0.717, 1.165) is 38.1 Å². The molecule has 0 aliphatic carbocycles. The fourth-order valence-corrected chi connectivity index (χ4v) is 6.15. The molecule has 1 unspecified atom stereocenters. The molecule has 2 aliphatic heterocycles. The third-order valence-corrected chi connectivity index (χ3v) is 8.46. The van der Waals surface area contributed by atoms with E-state index in [1.165, 1.54) is 17.4 Å². The lowest BCUT2D eigenvalue weighted by atomic mass is 9.90. The molecule has 5 rings (SSSR count). The van der Waals surface area contributed by atoms with Crippen LogP contribution in [0.2, 0.25) is 0 Å². The van der Waals surface area contributed by atoms with Crippen molar-refractivity contribution in [1.29, 1.82) is 5.26 Å². The standard InChI is InChI=1S/C29H29F3N6O2S/c30-29(31,32)22-2-1-3-23(16-22)37-12-14-38(15-13-37)28(40)24-18-41-27(35-24)25(20-8-10-34-11-9-20)36-26(39)21-6-4-19(17-33)5-7-21/h1-7,16,18,20,25,34H,8-15H2,(H,36,39). The minimum absolute atomic E-state index is 0.142. The molecule has 2 amide bonds. The highest BCUT2D eigenvalue weighted by atomic mass is 32.1. The van der Waals surface area contributed by atoms with Crippen LogP contribution in [0.25, 0.3) is 0 Å². The van der Waals surface area contributed by atoms with Crippen LogP contribution in [0.5, 0.6) is 0 Å². The van der Waals surface area contributed by atoms with Gasteiger partial charge in [-0.25, -0.2) is 4.98 Å². The smallest absolute Gasteiger partial charge is 0.368 e. The van der Waals surface area contributed by atoms with Gasteiger partial charge in [-0.3, -0.25) is 9.59 Å². The number of carbonyl (C=O) groups is 2. The van der Waals surface area contributed by atoms with Gasteiger partial charge < -0.3 is 20.4 Å². The lowest BCUT2D eigenvalue weighted by Gasteiger charge is -2.36. The largest absolute Gasteiger partial charge is 0.416 e. The van der Waals surface area contributed by atoms with Crippen molar-refractivity contribution >= 4 is 28.8 Å². The Morgan fingerprint density at radius 2 is 1.78 bits per heavy atom. The Labute approximate surface area is 239 Å². The lowest BCUT2D eigenvalue weighted by molar-refractivity contribution is -0.137. The monoisotopic (exact) mass is 582 g/mol. The molecule has 2 aromatic carbocycles. The van der Waals surface area contributed by atoms with Gasteiger partial charge in [0.15, 0.2) is 0 Å². The normalized spacial score (nSPS) is 17.1. The summed E-state index contributed by atoms with van der Waals surface area (Å²) in [7, 11) is 0. The van der Waals surface area contributed by atoms with Crippen LogP contribution in [0.3, 0.4) is 0 Å². The molecular weight excluding hydrogens is 553 g/mol. The topological polar surface area (TPSA) is 101 Å². The number of nitrogens with one attached hydrogen (secondary N) is 2. The molecule has 0 spiro atoms. The molecule has 2 N–H and O–H groups in total. The van der Waals surface area contributed by atoms with Crippen LogP contribution in [0.4, 0.5) is 18.9 Å². The number of thiazole rings is 1. The van der Waals surface area contributed by atoms with E-state index in [-0.39, 0.29) is 23.8 Å². The van der Waals surface area contributed by atoms with Gasteiger partial charge in [-0.2, -0.15) is 18.4 Å². The second-order valence-electron chi connectivity index (χ2n) is 10.1. The number of piperazine rings is 1. The fourth-order valence-electron chi connectivity index (χ4n) is 5.22. The molecule has 2 aliphatic rings. The number of aromatic nitrogens is 1. The number of nitriles is 1. The molecule has 214 valence electrons. The molecule has 2 saturated heterocycles. The van der Waals surface area contributed by atoms with Crippen LogP contribution in [0.15, 0.2) is 53.9 Å². The highest BCUT2D eigenvalue weighted by molar-refractivity contribution is 7.09. The zero-order valence-electron chi connectivity index (χ0n) is 22.2. The van der Waals surface area contributed by atoms with Crippen molar-refractivity contribution in [3.05, 3.63) is 81.3 Å². The van der Waals surface area contributed by atoms with E-state index in [4.69, 9.17) is 5.26 Å². The van der Waals surface area contributed by atoms with Crippen molar-refractivity contribution in [3.8, 4) is 6.07 Å². The van der Waals surface area contributed by atoms with Gasteiger partial charge in [0.1, 0.15) is 10.7 Å². The molecule has 1 atom stereocenters. The number of carbonyl (C=O) groups excluding carboxylic acids is 2. The fraction of sp³-hybridized carbons (Fsp3) is 0.379. The molecule has 0 radical (unpaired) electrons. The molecule has 1 aromatic heterocycles. The average molecular weight is 583 g/mol. The van der Waals surface area contributed by atoms with Gasteiger partial charge >= 0.3 is 6.18 Å². The average Bonchev–Trinajstić information content (AvgIpc) is 3.49. The maximum absolute atomic E-state index is 13.3. The molecule has 3 heterocycles. The predicted octanol–water partition coefficient (Wildman–Crippen LogP) is 4.47. The van der Waals surface area contributed by atoms with E-state index < -0.39 is 11.7 Å². The first-order valence-electron chi connectivity index (χ1n) is 13.4. The summed E-state index contributed by atoms with van der Waals surface area (Å²) in [5.41, 5.74) is 0.984. The van der Waals surface area contributed by atoms with Crippen LogP contribution < -0.4 is 15.5 Å². The van der Waals surface area contributed by atoms with Crippen molar-refractivity contribution < 1.29 is 22.8 Å². The summed E-state index contributed by atoms with van der Waals surface area (Å²) in [4.78, 5) is 34.6. The molecule has 12 heteroatoms. The van der Waals surface area contributed by atoms with Gasteiger partial charge in [-0.15, -0.1) is 11.3 Å². The number of hydrogen-bond donors (Lipinski definition) is 2. The Bertz CT molecular complexity index is 1420. The maximum Gasteiger partial charge on any atom is 0.416 e. The van der Waals surface area contributed by atoms with Gasteiger partial charge in [0.05, 0.1) is 23.2 Å². The summed E-state index contributed by atoms with van der Waals surface area (Å²) in [5.74, 6) is -0.367. The number of piperidine rings is 1. The second-order valence-corrected chi connectivity index (χ2v) is 11.0. The van der Waals surface area contributed by atoms with E-state index in [2.05, 4.69) is 15.6 Å². The maximum atomic E-state index is 13.3. The first kappa shape index (κ1) is 28.6. The summed E-state index contributed by atoms with van der Waals surface area (Å²) < 4.78 is 39.4. The number of amides is 2.